The summed E-state index contributed by atoms with van der Waals surface area (Å²) in [6, 6.07) is 8.80. The van der Waals surface area contributed by atoms with Gasteiger partial charge < -0.3 is 10.9 Å². The predicted octanol–water partition coefficient (Wildman–Crippen LogP) is 3.63. The van der Waals surface area contributed by atoms with Crippen LogP contribution in [-0.4, -0.2) is 16.0 Å². The van der Waals surface area contributed by atoms with E-state index in [2.05, 4.69) is 10.1 Å². The smallest absolute Gasteiger partial charge is 0.172 e. The van der Waals surface area contributed by atoms with Crippen molar-refractivity contribution in [2.45, 2.75) is 9.92 Å². The first-order valence-corrected chi connectivity index (χ1v) is 6.75. The third-order valence-electron chi connectivity index (χ3n) is 2.25. The second kappa shape index (κ2) is 6.14. The normalized spacial score (nSPS) is 11.6. The summed E-state index contributed by atoms with van der Waals surface area (Å²) < 4.78 is 0. The van der Waals surface area contributed by atoms with Gasteiger partial charge in [-0.25, -0.2) is 4.98 Å². The first kappa shape index (κ1) is 14.0. The first-order chi connectivity index (χ1) is 9.11. The van der Waals surface area contributed by atoms with E-state index in [1.165, 1.54) is 11.8 Å². The standard InChI is InChI=1S/C12H9Cl2N3OS/c13-7-4-5-10(16-6-7)19-9-3-1-2-8(14)11(9)12(15)17-18/h1-6,18H,(H2,15,17). The van der Waals surface area contributed by atoms with Gasteiger partial charge in [0.15, 0.2) is 5.84 Å². The van der Waals surface area contributed by atoms with Crippen LogP contribution in [0.25, 0.3) is 0 Å². The van der Waals surface area contributed by atoms with Crippen molar-refractivity contribution >= 4 is 40.8 Å². The van der Waals surface area contributed by atoms with Gasteiger partial charge in [-0.1, -0.05) is 46.2 Å². The lowest BCUT2D eigenvalue weighted by molar-refractivity contribution is 0.318. The van der Waals surface area contributed by atoms with E-state index in [4.69, 9.17) is 34.1 Å². The Kier molecular flexibility index (Phi) is 4.52. The van der Waals surface area contributed by atoms with Crippen LogP contribution in [-0.2, 0) is 0 Å². The summed E-state index contributed by atoms with van der Waals surface area (Å²) in [5.74, 6) is -0.0398. The van der Waals surface area contributed by atoms with Crippen molar-refractivity contribution in [1.29, 1.82) is 0 Å². The largest absolute Gasteiger partial charge is 0.409 e. The average molecular weight is 314 g/mol. The number of hydrogen-bond donors (Lipinski definition) is 2. The number of halogens is 2. The monoisotopic (exact) mass is 313 g/mol. The van der Waals surface area contributed by atoms with Gasteiger partial charge >= 0.3 is 0 Å². The minimum absolute atomic E-state index is 0.0398. The molecule has 0 spiro atoms. The second-order valence-electron chi connectivity index (χ2n) is 3.51. The molecular formula is C12H9Cl2N3OS. The number of benzene rings is 1. The zero-order chi connectivity index (χ0) is 13.8. The molecule has 0 fully saturated rings. The zero-order valence-corrected chi connectivity index (χ0v) is 11.9. The van der Waals surface area contributed by atoms with Crippen molar-refractivity contribution in [2.75, 3.05) is 0 Å². The van der Waals surface area contributed by atoms with E-state index in [9.17, 15) is 0 Å². The highest BCUT2D eigenvalue weighted by Gasteiger charge is 2.13. The van der Waals surface area contributed by atoms with Crippen molar-refractivity contribution in [2.24, 2.45) is 10.9 Å². The molecule has 0 saturated heterocycles. The zero-order valence-electron chi connectivity index (χ0n) is 9.55. The lowest BCUT2D eigenvalue weighted by Crippen LogP contribution is -2.14. The van der Waals surface area contributed by atoms with E-state index in [0.29, 0.717) is 15.6 Å². The van der Waals surface area contributed by atoms with Crippen LogP contribution in [0, 0.1) is 0 Å². The summed E-state index contributed by atoms with van der Waals surface area (Å²) in [7, 11) is 0. The van der Waals surface area contributed by atoms with Gasteiger partial charge in [-0.3, -0.25) is 0 Å². The highest BCUT2D eigenvalue weighted by molar-refractivity contribution is 7.99. The van der Waals surface area contributed by atoms with Crippen LogP contribution in [0.4, 0.5) is 0 Å². The number of aromatic nitrogens is 1. The Bertz CT molecular complexity index is 617. The molecule has 2 rings (SSSR count). The van der Waals surface area contributed by atoms with E-state index in [0.717, 1.165) is 9.92 Å². The van der Waals surface area contributed by atoms with Gasteiger partial charge in [0.1, 0.15) is 5.03 Å². The third kappa shape index (κ3) is 3.32. The molecule has 1 aromatic carbocycles. The molecule has 0 atom stereocenters. The summed E-state index contributed by atoms with van der Waals surface area (Å²) in [6.45, 7) is 0. The summed E-state index contributed by atoms with van der Waals surface area (Å²) in [5.41, 5.74) is 6.11. The minimum atomic E-state index is -0.0398. The Morgan fingerprint density at radius 3 is 2.68 bits per heavy atom. The average Bonchev–Trinajstić information content (AvgIpc) is 2.41. The van der Waals surface area contributed by atoms with E-state index in [1.807, 2.05) is 6.07 Å². The Balaban J connectivity index is 2.40. The number of hydrogen-bond acceptors (Lipinski definition) is 4. The molecule has 7 heteroatoms. The van der Waals surface area contributed by atoms with Gasteiger partial charge in [-0.2, -0.15) is 0 Å². The molecule has 0 bridgehead atoms. The van der Waals surface area contributed by atoms with Crippen LogP contribution in [0.15, 0.2) is 51.6 Å². The molecule has 1 heterocycles. The van der Waals surface area contributed by atoms with Crippen molar-refractivity contribution in [3.63, 3.8) is 0 Å². The lowest BCUT2D eigenvalue weighted by Gasteiger charge is -2.09. The Labute approximate surface area is 124 Å². The Hall–Kier alpha value is -1.43. The number of pyridine rings is 1. The predicted molar refractivity (Wildman–Crippen MR) is 77.3 cm³/mol. The minimum Gasteiger partial charge on any atom is -0.409 e. The maximum Gasteiger partial charge on any atom is 0.172 e. The molecule has 1 aromatic heterocycles. The van der Waals surface area contributed by atoms with E-state index >= 15 is 0 Å². The van der Waals surface area contributed by atoms with Crippen LogP contribution in [0.2, 0.25) is 10.0 Å². The number of nitrogens with zero attached hydrogens (tertiary/aromatic N) is 2. The lowest BCUT2D eigenvalue weighted by atomic mass is 10.2. The molecule has 0 aliphatic rings. The molecule has 0 radical (unpaired) electrons. The SMILES string of the molecule is NC(=NO)c1c(Cl)cccc1Sc1ccc(Cl)cn1. The number of oxime groups is 1. The highest BCUT2D eigenvalue weighted by Crippen LogP contribution is 2.32. The van der Waals surface area contributed by atoms with Crippen LogP contribution < -0.4 is 5.73 Å². The summed E-state index contributed by atoms with van der Waals surface area (Å²) >= 11 is 13.2. The van der Waals surface area contributed by atoms with E-state index < -0.39 is 0 Å². The van der Waals surface area contributed by atoms with Gasteiger partial charge in [0, 0.05) is 11.1 Å². The van der Waals surface area contributed by atoms with Crippen LogP contribution in [0.1, 0.15) is 5.56 Å². The molecule has 0 aliphatic carbocycles. The maximum absolute atomic E-state index is 8.80. The molecule has 3 N–H and O–H groups in total. The van der Waals surface area contributed by atoms with Crippen LogP contribution >= 0.6 is 35.0 Å². The van der Waals surface area contributed by atoms with Crippen molar-refractivity contribution in [3.05, 3.63) is 52.1 Å². The topological polar surface area (TPSA) is 71.5 Å². The van der Waals surface area contributed by atoms with Crippen LogP contribution in [0.3, 0.4) is 0 Å². The molecule has 0 saturated carbocycles. The molecular weight excluding hydrogens is 305 g/mol. The fourth-order valence-electron chi connectivity index (χ4n) is 1.42. The Morgan fingerprint density at radius 2 is 2.05 bits per heavy atom. The quantitative estimate of drug-likeness (QED) is 0.393. The van der Waals surface area contributed by atoms with Gasteiger partial charge in [-0.15, -0.1) is 0 Å². The fraction of sp³-hybridized carbons (Fsp3) is 0. The molecule has 0 unspecified atom stereocenters. The summed E-state index contributed by atoms with van der Waals surface area (Å²) in [4.78, 5) is 4.92. The summed E-state index contributed by atoms with van der Waals surface area (Å²) in [5, 5.41) is 13.5. The van der Waals surface area contributed by atoms with Crippen molar-refractivity contribution in [3.8, 4) is 0 Å². The maximum atomic E-state index is 8.80. The number of nitrogens with two attached hydrogens (primary N) is 1. The number of amidine groups is 1. The molecule has 0 amide bonds. The fourth-order valence-corrected chi connectivity index (χ4v) is 2.79. The molecule has 19 heavy (non-hydrogen) atoms. The van der Waals surface area contributed by atoms with Gasteiger partial charge in [0.2, 0.25) is 0 Å². The second-order valence-corrected chi connectivity index (χ2v) is 5.42. The van der Waals surface area contributed by atoms with Gasteiger partial charge in [-0.05, 0) is 24.3 Å². The van der Waals surface area contributed by atoms with Crippen molar-refractivity contribution in [1.82, 2.24) is 4.98 Å². The first-order valence-electron chi connectivity index (χ1n) is 5.17. The van der Waals surface area contributed by atoms with Crippen LogP contribution in [0.5, 0.6) is 0 Å². The van der Waals surface area contributed by atoms with Gasteiger partial charge in [0.05, 0.1) is 15.6 Å². The Morgan fingerprint density at radius 1 is 1.26 bits per heavy atom. The van der Waals surface area contributed by atoms with E-state index in [-0.39, 0.29) is 5.84 Å². The summed E-state index contributed by atoms with van der Waals surface area (Å²) in [6.07, 6.45) is 1.55. The third-order valence-corrected chi connectivity index (χ3v) is 3.80. The molecule has 0 aliphatic heterocycles. The number of rotatable bonds is 3. The van der Waals surface area contributed by atoms with E-state index in [1.54, 1.807) is 30.5 Å². The van der Waals surface area contributed by atoms with Crippen molar-refractivity contribution < 1.29 is 5.21 Å². The van der Waals surface area contributed by atoms with Gasteiger partial charge in [0.25, 0.3) is 0 Å². The highest BCUT2D eigenvalue weighted by atomic mass is 35.5. The molecule has 98 valence electrons. The molecule has 4 nitrogen and oxygen atoms in total. The molecule has 2 aromatic rings.